The molecule has 0 fully saturated rings. The predicted octanol–water partition coefficient (Wildman–Crippen LogP) is 4.65. The van der Waals surface area contributed by atoms with Gasteiger partial charge in [0.05, 0.1) is 21.5 Å². The van der Waals surface area contributed by atoms with E-state index in [0.717, 1.165) is 18.4 Å². The Bertz CT molecular complexity index is 777. The first-order chi connectivity index (χ1) is 11.4. The van der Waals surface area contributed by atoms with Gasteiger partial charge >= 0.3 is 0 Å². The summed E-state index contributed by atoms with van der Waals surface area (Å²) in [7, 11) is -3.60. The average molecular weight is 388 g/mol. The van der Waals surface area contributed by atoms with E-state index < -0.39 is 10.0 Å². The Morgan fingerprint density at radius 2 is 1.75 bits per heavy atom. The molecule has 0 heterocycles. The highest BCUT2D eigenvalue weighted by Crippen LogP contribution is 2.23. The molecular formula is C17H19Cl2NO3S. The van der Waals surface area contributed by atoms with Gasteiger partial charge in [-0.2, -0.15) is 0 Å². The van der Waals surface area contributed by atoms with Crippen LogP contribution in [-0.4, -0.2) is 15.0 Å². The molecule has 4 nitrogen and oxygen atoms in total. The van der Waals surface area contributed by atoms with E-state index in [4.69, 9.17) is 27.9 Å². The Morgan fingerprint density at radius 1 is 1.04 bits per heavy atom. The summed E-state index contributed by atoms with van der Waals surface area (Å²) in [5.41, 5.74) is 0.729. The van der Waals surface area contributed by atoms with Crippen molar-refractivity contribution >= 4 is 33.2 Å². The molecule has 0 amide bonds. The molecule has 0 aliphatic carbocycles. The van der Waals surface area contributed by atoms with Crippen molar-refractivity contribution in [3.05, 3.63) is 58.1 Å². The minimum atomic E-state index is -3.60. The molecule has 0 atom stereocenters. The Balaban J connectivity index is 2.00. The molecule has 0 aromatic heterocycles. The number of benzene rings is 2. The van der Waals surface area contributed by atoms with Crippen molar-refractivity contribution in [3.8, 4) is 5.75 Å². The van der Waals surface area contributed by atoms with Gasteiger partial charge in [0.1, 0.15) is 5.75 Å². The highest BCUT2D eigenvalue weighted by Gasteiger charge is 2.14. The molecule has 2 aromatic carbocycles. The van der Waals surface area contributed by atoms with Crippen LogP contribution in [0.5, 0.6) is 5.75 Å². The topological polar surface area (TPSA) is 55.4 Å². The van der Waals surface area contributed by atoms with Crippen molar-refractivity contribution in [1.82, 2.24) is 4.72 Å². The van der Waals surface area contributed by atoms with E-state index in [1.165, 1.54) is 12.1 Å². The number of sulfonamides is 1. The molecule has 0 aliphatic heterocycles. The SMILES string of the molecule is CCCCOc1ccc(S(=O)(=O)NCc2ccc(Cl)c(Cl)c2)cc1. The maximum Gasteiger partial charge on any atom is 0.240 e. The molecule has 7 heteroatoms. The number of hydrogen-bond donors (Lipinski definition) is 1. The number of nitrogens with one attached hydrogen (secondary N) is 1. The smallest absolute Gasteiger partial charge is 0.240 e. The van der Waals surface area contributed by atoms with Gasteiger partial charge < -0.3 is 4.74 Å². The third kappa shape index (κ3) is 5.38. The standard InChI is InChI=1S/C17H19Cl2NO3S/c1-2-3-10-23-14-5-7-15(8-6-14)24(21,22)20-12-13-4-9-16(18)17(19)11-13/h4-9,11,20H,2-3,10,12H2,1H3. The molecule has 1 N–H and O–H groups in total. The first-order valence-electron chi connectivity index (χ1n) is 7.59. The molecule has 130 valence electrons. The van der Waals surface area contributed by atoms with Gasteiger partial charge in [-0.25, -0.2) is 13.1 Å². The lowest BCUT2D eigenvalue weighted by Crippen LogP contribution is -2.23. The van der Waals surface area contributed by atoms with Crippen LogP contribution in [0.1, 0.15) is 25.3 Å². The van der Waals surface area contributed by atoms with E-state index in [1.807, 2.05) is 0 Å². The zero-order valence-corrected chi connectivity index (χ0v) is 15.6. The molecule has 0 radical (unpaired) electrons. The van der Waals surface area contributed by atoms with Crippen LogP contribution in [0, 0.1) is 0 Å². The average Bonchev–Trinajstić information content (AvgIpc) is 2.57. The van der Waals surface area contributed by atoms with Gasteiger partial charge in [-0.1, -0.05) is 42.6 Å². The zero-order valence-electron chi connectivity index (χ0n) is 13.3. The number of hydrogen-bond acceptors (Lipinski definition) is 3. The van der Waals surface area contributed by atoms with Crippen LogP contribution in [0.15, 0.2) is 47.4 Å². The Kier molecular flexibility index (Phi) is 6.92. The van der Waals surface area contributed by atoms with Crippen molar-refractivity contribution in [2.45, 2.75) is 31.2 Å². The number of rotatable bonds is 8. The Morgan fingerprint density at radius 3 is 2.38 bits per heavy atom. The summed E-state index contributed by atoms with van der Waals surface area (Å²) in [6, 6.07) is 11.4. The monoisotopic (exact) mass is 387 g/mol. The van der Waals surface area contributed by atoms with Crippen LogP contribution < -0.4 is 9.46 Å². The van der Waals surface area contributed by atoms with Crippen molar-refractivity contribution < 1.29 is 13.2 Å². The number of ether oxygens (including phenoxy) is 1. The largest absolute Gasteiger partial charge is 0.494 e. The molecule has 0 unspecified atom stereocenters. The molecule has 2 rings (SSSR count). The summed E-state index contributed by atoms with van der Waals surface area (Å²) in [6.45, 7) is 2.84. The van der Waals surface area contributed by atoms with Crippen LogP contribution in [-0.2, 0) is 16.6 Å². The third-order valence-electron chi connectivity index (χ3n) is 3.35. The quantitative estimate of drug-likeness (QED) is 0.670. The predicted molar refractivity (Wildman–Crippen MR) is 97.3 cm³/mol. The summed E-state index contributed by atoms with van der Waals surface area (Å²) < 4.78 is 32.7. The van der Waals surface area contributed by atoms with E-state index in [0.29, 0.717) is 22.4 Å². The fourth-order valence-corrected chi connectivity index (χ4v) is 3.30. The summed E-state index contributed by atoms with van der Waals surface area (Å²) in [5, 5.41) is 0.823. The minimum absolute atomic E-state index is 0.133. The van der Waals surface area contributed by atoms with Gasteiger partial charge in [0.15, 0.2) is 0 Å². The van der Waals surface area contributed by atoms with Crippen LogP contribution in [0.25, 0.3) is 0 Å². The second-order valence-corrected chi connectivity index (χ2v) is 7.83. The summed E-state index contributed by atoms with van der Waals surface area (Å²) in [6.07, 6.45) is 2.01. The van der Waals surface area contributed by atoms with Crippen LogP contribution in [0.4, 0.5) is 0 Å². The van der Waals surface area contributed by atoms with E-state index in [2.05, 4.69) is 11.6 Å². The fraction of sp³-hybridized carbons (Fsp3) is 0.294. The van der Waals surface area contributed by atoms with Gasteiger partial charge in [-0.3, -0.25) is 0 Å². The summed E-state index contributed by atoms with van der Waals surface area (Å²) in [5.74, 6) is 0.659. The van der Waals surface area contributed by atoms with Gasteiger partial charge in [-0.05, 0) is 48.4 Å². The first kappa shape index (κ1) is 19.1. The van der Waals surface area contributed by atoms with Crippen molar-refractivity contribution in [2.24, 2.45) is 0 Å². The van der Waals surface area contributed by atoms with Crippen LogP contribution in [0.3, 0.4) is 0 Å². The number of halogens is 2. The molecule has 0 aliphatic rings. The van der Waals surface area contributed by atoms with Gasteiger partial charge in [0.25, 0.3) is 0 Å². The maximum atomic E-state index is 12.3. The van der Waals surface area contributed by atoms with Gasteiger partial charge in [0, 0.05) is 6.54 Å². The second kappa shape index (κ2) is 8.72. The molecule has 0 spiro atoms. The van der Waals surface area contributed by atoms with E-state index >= 15 is 0 Å². The highest BCUT2D eigenvalue weighted by atomic mass is 35.5. The molecular weight excluding hydrogens is 369 g/mol. The van der Waals surface area contributed by atoms with Crippen molar-refractivity contribution in [2.75, 3.05) is 6.61 Å². The highest BCUT2D eigenvalue weighted by molar-refractivity contribution is 7.89. The third-order valence-corrected chi connectivity index (χ3v) is 5.51. The maximum absolute atomic E-state index is 12.3. The van der Waals surface area contributed by atoms with E-state index in [-0.39, 0.29) is 11.4 Å². The van der Waals surface area contributed by atoms with Crippen LogP contribution >= 0.6 is 23.2 Å². The molecule has 0 bridgehead atoms. The molecule has 0 saturated carbocycles. The van der Waals surface area contributed by atoms with Gasteiger partial charge in [-0.15, -0.1) is 0 Å². The minimum Gasteiger partial charge on any atom is -0.494 e. The van der Waals surface area contributed by atoms with E-state index in [1.54, 1.807) is 30.3 Å². The van der Waals surface area contributed by atoms with E-state index in [9.17, 15) is 8.42 Å². The zero-order chi connectivity index (χ0) is 17.6. The lowest BCUT2D eigenvalue weighted by atomic mass is 10.2. The normalized spacial score (nSPS) is 11.5. The number of unbranched alkanes of at least 4 members (excludes halogenated alkanes) is 1. The Hall–Kier alpha value is -1.27. The van der Waals surface area contributed by atoms with Crippen molar-refractivity contribution in [3.63, 3.8) is 0 Å². The molecule has 0 saturated heterocycles. The summed E-state index contributed by atoms with van der Waals surface area (Å²) >= 11 is 11.8. The van der Waals surface area contributed by atoms with Crippen molar-refractivity contribution in [1.29, 1.82) is 0 Å². The second-order valence-electron chi connectivity index (χ2n) is 5.25. The van der Waals surface area contributed by atoms with Crippen LogP contribution in [0.2, 0.25) is 10.0 Å². The summed E-state index contributed by atoms with van der Waals surface area (Å²) in [4.78, 5) is 0.186. The Labute approximate surface area is 152 Å². The lowest BCUT2D eigenvalue weighted by Gasteiger charge is -2.09. The molecule has 2 aromatic rings. The lowest BCUT2D eigenvalue weighted by molar-refractivity contribution is 0.309. The first-order valence-corrected chi connectivity index (χ1v) is 9.83. The molecule has 24 heavy (non-hydrogen) atoms. The van der Waals surface area contributed by atoms with Gasteiger partial charge in [0.2, 0.25) is 10.0 Å². The fourth-order valence-electron chi connectivity index (χ4n) is 1.96.